The summed E-state index contributed by atoms with van der Waals surface area (Å²) in [5, 5.41) is 12.1. The number of aromatic nitrogens is 1. The van der Waals surface area contributed by atoms with Crippen molar-refractivity contribution >= 4 is 23.7 Å². The maximum atomic E-state index is 13.6. The summed E-state index contributed by atoms with van der Waals surface area (Å²) in [6.07, 6.45) is 1.49. The van der Waals surface area contributed by atoms with Gasteiger partial charge < -0.3 is 25.8 Å². The van der Waals surface area contributed by atoms with Gasteiger partial charge in [0.2, 0.25) is 17.7 Å². The zero-order chi connectivity index (χ0) is 27.2. The van der Waals surface area contributed by atoms with Crippen molar-refractivity contribution in [1.29, 1.82) is 0 Å². The summed E-state index contributed by atoms with van der Waals surface area (Å²) in [4.78, 5) is 55.6. The van der Waals surface area contributed by atoms with E-state index in [1.807, 2.05) is 48.5 Å². The summed E-state index contributed by atoms with van der Waals surface area (Å²) in [6, 6.07) is 16.0. The van der Waals surface area contributed by atoms with E-state index in [2.05, 4.69) is 10.3 Å². The van der Waals surface area contributed by atoms with Gasteiger partial charge in [0.25, 0.3) is 5.91 Å². The maximum absolute atomic E-state index is 13.6. The Kier molecular flexibility index (Phi) is 8.00. The lowest BCUT2D eigenvalue weighted by atomic mass is 10.0. The van der Waals surface area contributed by atoms with Crippen molar-refractivity contribution in [3.05, 3.63) is 83.6 Å². The molecule has 10 heteroatoms. The van der Waals surface area contributed by atoms with Gasteiger partial charge in [-0.2, -0.15) is 0 Å². The lowest BCUT2D eigenvalue weighted by molar-refractivity contribution is -0.142. The number of hydrogen-bond donors (Lipinski definition) is 3. The van der Waals surface area contributed by atoms with E-state index in [9.17, 15) is 24.3 Å². The number of carbonyl (C=O) groups excluding carboxylic acids is 3. The van der Waals surface area contributed by atoms with Crippen molar-refractivity contribution in [3.63, 3.8) is 0 Å². The molecule has 4 N–H and O–H groups in total. The number of carboxylic acid groups (broad SMARTS) is 1. The van der Waals surface area contributed by atoms with Crippen LogP contribution in [0.25, 0.3) is 11.1 Å². The Balaban J connectivity index is 1.60. The Morgan fingerprint density at radius 1 is 1.11 bits per heavy atom. The second-order valence-electron chi connectivity index (χ2n) is 9.00. The monoisotopic (exact) mass is 516 g/mol. The summed E-state index contributed by atoms with van der Waals surface area (Å²) in [6.45, 7) is 0.194. The van der Waals surface area contributed by atoms with Gasteiger partial charge in [0.1, 0.15) is 12.1 Å². The molecule has 0 fully saturated rings. The average molecular weight is 517 g/mol. The van der Waals surface area contributed by atoms with Gasteiger partial charge in [-0.1, -0.05) is 42.5 Å². The number of nitrogens with zero attached hydrogens (tertiary/aromatic N) is 2. The first-order valence-corrected chi connectivity index (χ1v) is 12.1. The molecule has 0 saturated heterocycles. The van der Waals surface area contributed by atoms with E-state index < -0.39 is 29.9 Å². The predicted octanol–water partition coefficient (Wildman–Crippen LogP) is 2.16. The van der Waals surface area contributed by atoms with Crippen molar-refractivity contribution in [3.8, 4) is 17.0 Å². The number of fused-ring (bicyclic) bond motifs is 1. The number of rotatable bonds is 11. The minimum absolute atomic E-state index is 0.151. The molecule has 0 unspecified atom stereocenters. The number of hydrogen-bond acceptors (Lipinski definition) is 6. The van der Waals surface area contributed by atoms with Crippen LogP contribution in [0, 0.1) is 0 Å². The fraction of sp³-hybridized carbons (Fsp3) is 0.250. The molecule has 10 nitrogen and oxygen atoms in total. The Labute approximate surface area is 219 Å². The van der Waals surface area contributed by atoms with E-state index in [0.29, 0.717) is 11.4 Å². The van der Waals surface area contributed by atoms with Gasteiger partial charge in [0.15, 0.2) is 0 Å². The highest BCUT2D eigenvalue weighted by atomic mass is 16.5. The number of amides is 3. The fourth-order valence-electron chi connectivity index (χ4n) is 4.42. The number of nitrogens with two attached hydrogens (primary N) is 1. The molecule has 3 aromatic rings. The van der Waals surface area contributed by atoms with Gasteiger partial charge in [-0.15, -0.1) is 0 Å². The molecule has 1 aliphatic heterocycles. The molecular formula is C28H28N4O6. The van der Waals surface area contributed by atoms with Gasteiger partial charge in [0, 0.05) is 42.8 Å². The molecule has 2 aromatic carbocycles. The third kappa shape index (κ3) is 5.97. The van der Waals surface area contributed by atoms with E-state index in [4.69, 9.17) is 10.5 Å². The highest BCUT2D eigenvalue weighted by molar-refractivity contribution is 6.02. The summed E-state index contributed by atoms with van der Waals surface area (Å²) < 4.78 is 5.11. The molecule has 0 spiro atoms. The highest BCUT2D eigenvalue weighted by Crippen LogP contribution is 2.31. The van der Waals surface area contributed by atoms with Crippen molar-refractivity contribution < 1.29 is 29.0 Å². The van der Waals surface area contributed by atoms with Gasteiger partial charge in [-0.25, -0.2) is 9.78 Å². The van der Waals surface area contributed by atoms with Crippen LogP contribution in [-0.2, 0) is 27.3 Å². The number of carbonyl (C=O) groups is 4. The molecule has 0 saturated carbocycles. The number of nitrogens with one attached hydrogen (secondary N) is 1. The molecule has 0 bridgehead atoms. The first-order chi connectivity index (χ1) is 18.3. The Bertz CT molecular complexity index is 1340. The van der Waals surface area contributed by atoms with E-state index in [-0.39, 0.29) is 31.7 Å². The topological polar surface area (TPSA) is 152 Å². The molecule has 1 aliphatic rings. The second-order valence-corrected chi connectivity index (χ2v) is 9.00. The normalized spacial score (nSPS) is 13.9. The maximum Gasteiger partial charge on any atom is 0.326 e. The number of methoxy groups -OCH3 is 1. The molecule has 2 heterocycles. The van der Waals surface area contributed by atoms with Crippen LogP contribution in [0.1, 0.15) is 34.3 Å². The minimum Gasteiger partial charge on any atom is -0.481 e. The number of aliphatic carboxylic acids is 1. The lowest BCUT2D eigenvalue weighted by Crippen LogP contribution is -2.52. The molecule has 0 aliphatic carbocycles. The molecule has 196 valence electrons. The van der Waals surface area contributed by atoms with Crippen LogP contribution in [0.2, 0.25) is 0 Å². The smallest absolute Gasteiger partial charge is 0.326 e. The third-order valence-electron chi connectivity index (χ3n) is 6.47. The van der Waals surface area contributed by atoms with Crippen LogP contribution in [0.3, 0.4) is 0 Å². The quantitative estimate of drug-likeness (QED) is 0.353. The van der Waals surface area contributed by atoms with Crippen molar-refractivity contribution in [2.24, 2.45) is 5.73 Å². The Morgan fingerprint density at radius 3 is 2.47 bits per heavy atom. The van der Waals surface area contributed by atoms with Crippen LogP contribution in [0.15, 0.2) is 66.9 Å². The predicted molar refractivity (Wildman–Crippen MR) is 138 cm³/mol. The number of pyridine rings is 1. The minimum atomic E-state index is -1.32. The SMILES string of the molecule is COc1ccc(-c2ccc3c(c2)C(=O)N([C@@H](Cc2ccccc2)C(=O)N[C@@H](CCC(N)=O)C(=O)O)C3)cn1. The van der Waals surface area contributed by atoms with Crippen molar-refractivity contribution in [2.45, 2.75) is 37.9 Å². The molecule has 38 heavy (non-hydrogen) atoms. The Morgan fingerprint density at radius 2 is 1.84 bits per heavy atom. The number of carboxylic acids is 1. The molecule has 0 radical (unpaired) electrons. The first-order valence-electron chi connectivity index (χ1n) is 12.1. The number of primary amides is 1. The van der Waals surface area contributed by atoms with Gasteiger partial charge in [-0.3, -0.25) is 14.4 Å². The van der Waals surface area contributed by atoms with Crippen LogP contribution >= 0.6 is 0 Å². The fourth-order valence-corrected chi connectivity index (χ4v) is 4.42. The first kappa shape index (κ1) is 26.3. The van der Waals surface area contributed by atoms with Crippen molar-refractivity contribution in [1.82, 2.24) is 15.2 Å². The van der Waals surface area contributed by atoms with Crippen LogP contribution in [0.5, 0.6) is 5.88 Å². The van der Waals surface area contributed by atoms with Crippen LogP contribution < -0.4 is 15.8 Å². The van der Waals surface area contributed by atoms with Crippen molar-refractivity contribution in [2.75, 3.05) is 7.11 Å². The third-order valence-corrected chi connectivity index (χ3v) is 6.47. The zero-order valence-electron chi connectivity index (χ0n) is 20.8. The van der Waals surface area contributed by atoms with Crippen LogP contribution in [-0.4, -0.2) is 57.9 Å². The summed E-state index contributed by atoms with van der Waals surface area (Å²) in [7, 11) is 1.53. The summed E-state index contributed by atoms with van der Waals surface area (Å²) in [5.41, 5.74) is 8.79. The molecule has 3 amide bonds. The van der Waals surface area contributed by atoms with E-state index in [0.717, 1.165) is 22.3 Å². The Hall–Kier alpha value is -4.73. The molecule has 2 atom stereocenters. The second kappa shape index (κ2) is 11.5. The summed E-state index contributed by atoms with van der Waals surface area (Å²) in [5.74, 6) is -2.43. The highest BCUT2D eigenvalue weighted by Gasteiger charge is 2.38. The largest absolute Gasteiger partial charge is 0.481 e. The van der Waals surface area contributed by atoms with E-state index in [1.54, 1.807) is 18.3 Å². The van der Waals surface area contributed by atoms with Crippen LogP contribution in [0.4, 0.5) is 0 Å². The molecule has 1 aromatic heterocycles. The lowest BCUT2D eigenvalue weighted by Gasteiger charge is -2.28. The van der Waals surface area contributed by atoms with E-state index >= 15 is 0 Å². The van der Waals surface area contributed by atoms with Gasteiger partial charge in [0.05, 0.1) is 7.11 Å². The van der Waals surface area contributed by atoms with E-state index in [1.165, 1.54) is 12.0 Å². The summed E-state index contributed by atoms with van der Waals surface area (Å²) >= 11 is 0. The number of benzene rings is 2. The standard InChI is InChI=1S/C28H28N4O6/c1-38-25-12-9-19(15-30-25)18-7-8-20-16-32(27(35)21(20)14-18)23(13-17-5-3-2-4-6-17)26(34)31-22(28(36)37)10-11-24(29)33/h2-9,12,14-15,22-23H,10-11,13,16H2,1H3,(H2,29,33)(H,31,34)(H,36,37)/t22-,23-/m0/s1. The average Bonchev–Trinajstić information content (AvgIpc) is 3.25. The number of ether oxygens (including phenoxy) is 1. The van der Waals surface area contributed by atoms with Gasteiger partial charge >= 0.3 is 5.97 Å². The molecular weight excluding hydrogens is 488 g/mol. The zero-order valence-corrected chi connectivity index (χ0v) is 20.8. The molecule has 4 rings (SSSR count). The van der Waals surface area contributed by atoms with Gasteiger partial charge in [-0.05, 0) is 35.2 Å².